The number of unbranched alkanes of at least 4 members (excludes halogenated alkanes) is 15. The zero-order chi connectivity index (χ0) is 37.8. The molecule has 1 unspecified atom stereocenters. The van der Waals surface area contributed by atoms with E-state index in [1.165, 1.54) is 107 Å². The number of hydrogen-bond donors (Lipinski definition) is 4. The molecule has 0 saturated carbocycles. The number of anilines is 1. The Morgan fingerprint density at radius 3 is 2.12 bits per heavy atom. The van der Waals surface area contributed by atoms with Crippen molar-refractivity contribution in [3.63, 3.8) is 0 Å². The highest BCUT2D eigenvalue weighted by Crippen LogP contribution is 2.46. The molecule has 1 aliphatic rings. The SMILES string of the molecule is CCCCCCCCCCCCCCCCCCOC[C@H](COP(=O)(O)OC[C@H]1O[C@@](C#N)(c2ccc3c(N)ncnn23)[C@H](O)[C@@H]1O)OCC(C)C. The van der Waals surface area contributed by atoms with E-state index >= 15 is 0 Å². The van der Waals surface area contributed by atoms with E-state index in [-0.39, 0.29) is 30.6 Å². The average Bonchev–Trinajstić information content (AvgIpc) is 3.67. The lowest BCUT2D eigenvalue weighted by Gasteiger charge is -2.24. The molecule has 52 heavy (non-hydrogen) atoms. The molecule has 1 fully saturated rings. The van der Waals surface area contributed by atoms with Gasteiger partial charge in [-0.2, -0.15) is 10.4 Å². The Morgan fingerprint density at radius 2 is 1.54 bits per heavy atom. The summed E-state index contributed by atoms with van der Waals surface area (Å²) in [6.07, 6.45) is 16.6. The average molecular weight is 754 g/mol. The van der Waals surface area contributed by atoms with Gasteiger partial charge in [-0.25, -0.2) is 14.1 Å². The second kappa shape index (κ2) is 23.6. The fourth-order valence-corrected chi connectivity index (χ4v) is 7.14. The van der Waals surface area contributed by atoms with Gasteiger partial charge in [0.1, 0.15) is 42.3 Å². The van der Waals surface area contributed by atoms with Crippen LogP contribution in [0.3, 0.4) is 0 Å². The van der Waals surface area contributed by atoms with Crippen molar-refractivity contribution in [2.24, 2.45) is 5.92 Å². The second-order valence-electron chi connectivity index (χ2n) is 14.4. The van der Waals surface area contributed by atoms with E-state index < -0.39 is 44.4 Å². The van der Waals surface area contributed by atoms with E-state index in [4.69, 9.17) is 29.0 Å². The minimum absolute atomic E-state index is 0.0984. The molecule has 0 aliphatic carbocycles. The normalized spacial score (nSPS) is 22.2. The van der Waals surface area contributed by atoms with Crippen LogP contribution in [0.4, 0.5) is 5.82 Å². The van der Waals surface area contributed by atoms with Crippen LogP contribution in [0.5, 0.6) is 0 Å². The first-order valence-electron chi connectivity index (χ1n) is 19.4. The van der Waals surface area contributed by atoms with Gasteiger partial charge in [0.25, 0.3) is 0 Å². The van der Waals surface area contributed by atoms with Crippen molar-refractivity contribution in [1.82, 2.24) is 14.6 Å². The van der Waals surface area contributed by atoms with Crippen LogP contribution < -0.4 is 5.73 Å². The number of phosphoric ester groups is 1. The number of nitrogens with two attached hydrogens (primary N) is 1. The lowest BCUT2D eigenvalue weighted by Crippen LogP contribution is -2.41. The van der Waals surface area contributed by atoms with Crippen LogP contribution in [0.1, 0.15) is 129 Å². The summed E-state index contributed by atoms with van der Waals surface area (Å²) in [5.74, 6) is 0.371. The van der Waals surface area contributed by atoms with Gasteiger partial charge in [0.15, 0.2) is 5.82 Å². The largest absolute Gasteiger partial charge is 0.472 e. The quantitative estimate of drug-likeness (QED) is 0.0511. The molecular weight excluding hydrogens is 689 g/mol. The number of ether oxygens (including phenoxy) is 3. The number of nitrogens with zero attached hydrogens (tertiary/aromatic N) is 4. The Labute approximate surface area is 309 Å². The number of nitrogen functional groups attached to an aromatic ring is 1. The summed E-state index contributed by atoms with van der Waals surface area (Å²) in [5.41, 5.74) is 4.29. The van der Waals surface area contributed by atoms with Crippen molar-refractivity contribution in [3.8, 4) is 6.07 Å². The number of aliphatic hydroxyl groups is 2. The summed E-state index contributed by atoms with van der Waals surface area (Å²) in [4.78, 5) is 14.3. The lowest BCUT2D eigenvalue weighted by atomic mass is 9.92. The number of aliphatic hydroxyl groups excluding tert-OH is 2. The topological polar surface area (TPSA) is 204 Å². The van der Waals surface area contributed by atoms with Crippen molar-refractivity contribution in [2.45, 2.75) is 154 Å². The van der Waals surface area contributed by atoms with Crippen LogP contribution in [0, 0.1) is 17.2 Å². The lowest BCUT2D eigenvalue weighted by molar-refractivity contribution is -0.0690. The summed E-state index contributed by atoms with van der Waals surface area (Å²) in [6.45, 7) is 6.49. The first kappa shape index (κ1) is 44.2. The van der Waals surface area contributed by atoms with Crippen LogP contribution in [-0.4, -0.2) is 87.2 Å². The van der Waals surface area contributed by atoms with Crippen molar-refractivity contribution in [3.05, 3.63) is 24.2 Å². The first-order chi connectivity index (χ1) is 25.0. The molecule has 0 aromatic carbocycles. The van der Waals surface area contributed by atoms with Gasteiger partial charge < -0.3 is 35.1 Å². The highest BCUT2D eigenvalue weighted by molar-refractivity contribution is 7.47. The van der Waals surface area contributed by atoms with Gasteiger partial charge in [0.2, 0.25) is 5.60 Å². The maximum Gasteiger partial charge on any atom is 0.472 e. The third-order valence-electron chi connectivity index (χ3n) is 9.42. The second-order valence-corrected chi connectivity index (χ2v) is 15.8. The molecule has 3 rings (SSSR count). The Kier molecular flexibility index (Phi) is 20.0. The molecule has 6 atom stereocenters. The molecule has 0 spiro atoms. The van der Waals surface area contributed by atoms with Gasteiger partial charge in [0, 0.05) is 13.2 Å². The van der Waals surface area contributed by atoms with Gasteiger partial charge in [-0.1, -0.05) is 117 Å². The first-order valence-corrected chi connectivity index (χ1v) is 20.9. The van der Waals surface area contributed by atoms with Gasteiger partial charge in [-0.05, 0) is 24.5 Å². The Balaban J connectivity index is 1.32. The standard InChI is InChI=1S/C37H64N5O9P/c1-4-5-6-7-8-9-10-11-12-13-14-15-16-17-18-19-22-47-24-30(48-23-29(2)3)25-49-52(45,46)50-26-32-34(43)35(44)37(27-38,51-32)33-21-20-31-36(39)40-28-41-42(31)33/h20-21,28-30,32,34-35,43-44H,4-19,22-26H2,1-3H3,(H,45,46)(H2,39,40,41)/t30-,32-,34-,35-,37+/m1/s1. The summed E-state index contributed by atoms with van der Waals surface area (Å²) in [6, 6.07) is 4.94. The fraction of sp³-hybridized carbons (Fsp3) is 0.811. The molecule has 0 bridgehead atoms. The molecule has 15 heteroatoms. The molecule has 0 amide bonds. The molecule has 5 N–H and O–H groups in total. The third-order valence-corrected chi connectivity index (χ3v) is 10.4. The van der Waals surface area contributed by atoms with E-state index in [0.29, 0.717) is 18.7 Å². The van der Waals surface area contributed by atoms with Gasteiger partial charge in [-0.15, -0.1) is 0 Å². The molecule has 0 radical (unpaired) electrons. The summed E-state index contributed by atoms with van der Waals surface area (Å²) >= 11 is 0. The number of rotatable bonds is 29. The van der Waals surface area contributed by atoms with Crippen LogP contribution in [-0.2, 0) is 33.4 Å². The maximum atomic E-state index is 12.8. The Bertz CT molecular complexity index is 1370. The van der Waals surface area contributed by atoms with Crippen LogP contribution in [0.25, 0.3) is 5.52 Å². The number of nitriles is 1. The molecular formula is C37H64N5O9P. The van der Waals surface area contributed by atoms with Crippen molar-refractivity contribution >= 4 is 19.2 Å². The summed E-state index contributed by atoms with van der Waals surface area (Å²) in [5, 5.41) is 35.8. The van der Waals surface area contributed by atoms with E-state index in [1.807, 2.05) is 19.9 Å². The van der Waals surface area contributed by atoms with E-state index in [1.54, 1.807) is 6.07 Å². The number of aromatic nitrogens is 3. The highest BCUT2D eigenvalue weighted by atomic mass is 31.2. The summed E-state index contributed by atoms with van der Waals surface area (Å²) in [7, 11) is -4.66. The zero-order valence-corrected chi connectivity index (χ0v) is 32.5. The van der Waals surface area contributed by atoms with Gasteiger partial charge in [0.05, 0.1) is 25.5 Å². The third kappa shape index (κ3) is 14.2. The number of fused-ring (bicyclic) bond motifs is 1. The zero-order valence-electron chi connectivity index (χ0n) is 31.6. The highest BCUT2D eigenvalue weighted by Gasteiger charge is 2.58. The monoisotopic (exact) mass is 753 g/mol. The molecule has 2 aromatic heterocycles. The predicted molar refractivity (Wildman–Crippen MR) is 198 cm³/mol. The number of phosphoric acid groups is 1. The maximum absolute atomic E-state index is 12.8. The van der Waals surface area contributed by atoms with E-state index in [9.17, 15) is 24.9 Å². The molecule has 3 heterocycles. The van der Waals surface area contributed by atoms with Crippen LogP contribution in [0.2, 0.25) is 0 Å². The molecule has 2 aromatic rings. The van der Waals surface area contributed by atoms with Crippen molar-refractivity contribution in [2.75, 3.05) is 38.8 Å². The van der Waals surface area contributed by atoms with Gasteiger partial charge in [-0.3, -0.25) is 9.05 Å². The van der Waals surface area contributed by atoms with Gasteiger partial charge >= 0.3 is 7.82 Å². The fourth-order valence-electron chi connectivity index (χ4n) is 6.37. The molecule has 1 aliphatic heterocycles. The number of hydrogen-bond acceptors (Lipinski definition) is 12. The smallest absolute Gasteiger partial charge is 0.387 e. The van der Waals surface area contributed by atoms with Crippen LogP contribution in [0.15, 0.2) is 18.5 Å². The van der Waals surface area contributed by atoms with Crippen molar-refractivity contribution < 1.29 is 42.9 Å². The minimum Gasteiger partial charge on any atom is -0.387 e. The van der Waals surface area contributed by atoms with E-state index in [0.717, 1.165) is 12.8 Å². The van der Waals surface area contributed by atoms with Crippen LogP contribution >= 0.6 is 7.82 Å². The Hall–Kier alpha value is -2.18. The predicted octanol–water partition coefficient (Wildman–Crippen LogP) is 6.60. The summed E-state index contributed by atoms with van der Waals surface area (Å²) < 4.78 is 42.0. The Morgan fingerprint density at radius 1 is 0.942 bits per heavy atom. The molecule has 14 nitrogen and oxygen atoms in total. The van der Waals surface area contributed by atoms with E-state index in [2.05, 4.69) is 17.0 Å². The molecule has 1 saturated heterocycles. The molecule has 296 valence electrons. The minimum atomic E-state index is -4.66. The van der Waals surface area contributed by atoms with Crippen molar-refractivity contribution in [1.29, 1.82) is 5.26 Å².